The summed E-state index contributed by atoms with van der Waals surface area (Å²) in [7, 11) is 0. The largest absolute Gasteiger partial charge is 0.207 e. The average molecular weight is 232 g/mol. The summed E-state index contributed by atoms with van der Waals surface area (Å²) in [5.41, 5.74) is -0.236. The molecule has 0 aromatic heterocycles. The molecular weight excluding hydrogens is 228 g/mol. The maximum Gasteiger partial charge on any atom is 0.147 e. The molecule has 0 aliphatic heterocycles. The van der Waals surface area contributed by atoms with Crippen LogP contribution in [0.5, 0.6) is 0 Å². The predicted octanol–water partition coefficient (Wildman–Crippen LogP) is 2.73. The Morgan fingerprint density at radius 1 is 1.42 bits per heavy atom. The van der Waals surface area contributed by atoms with E-state index in [2.05, 4.69) is 15.9 Å². The number of benzene rings is 1. The van der Waals surface area contributed by atoms with Gasteiger partial charge in [-0.05, 0) is 12.1 Å². The molecule has 0 aliphatic carbocycles. The van der Waals surface area contributed by atoms with Gasteiger partial charge in [-0.3, -0.25) is 0 Å². The van der Waals surface area contributed by atoms with Crippen molar-refractivity contribution in [2.75, 3.05) is 0 Å². The van der Waals surface area contributed by atoms with Gasteiger partial charge in [-0.1, -0.05) is 15.9 Å². The maximum atomic E-state index is 13.0. The summed E-state index contributed by atoms with van der Waals surface area (Å²) in [6.07, 6.45) is 0. The third-order valence-electron chi connectivity index (χ3n) is 1.44. The van der Waals surface area contributed by atoms with Crippen LogP contribution in [0, 0.1) is 23.0 Å². The molecule has 0 amide bonds. The highest BCUT2D eigenvalue weighted by Crippen LogP contribution is 2.18. The van der Waals surface area contributed by atoms with Crippen molar-refractivity contribution < 1.29 is 8.78 Å². The van der Waals surface area contributed by atoms with Crippen molar-refractivity contribution in [2.24, 2.45) is 0 Å². The third kappa shape index (κ3) is 1.46. The molecule has 0 bridgehead atoms. The fourth-order valence-electron chi connectivity index (χ4n) is 0.806. The summed E-state index contributed by atoms with van der Waals surface area (Å²) in [5.74, 6) is -1.42. The van der Waals surface area contributed by atoms with Gasteiger partial charge in [-0.15, -0.1) is 0 Å². The van der Waals surface area contributed by atoms with Crippen LogP contribution in [-0.4, -0.2) is 0 Å². The van der Waals surface area contributed by atoms with Crippen molar-refractivity contribution in [3.05, 3.63) is 34.9 Å². The van der Waals surface area contributed by atoms with Crippen LogP contribution in [0.3, 0.4) is 0 Å². The molecule has 62 valence electrons. The van der Waals surface area contributed by atoms with E-state index in [-0.39, 0.29) is 16.5 Å². The maximum absolute atomic E-state index is 13.0. The molecule has 1 nitrogen and oxygen atoms in total. The first-order valence-electron chi connectivity index (χ1n) is 3.13. The standard InChI is InChI=1S/C8H4BrF2N/c9-3-6-7(10)2-1-5(4-12)8(6)11/h1-2H,3H2. The number of nitriles is 1. The van der Waals surface area contributed by atoms with Crippen LogP contribution in [0.2, 0.25) is 0 Å². The lowest BCUT2D eigenvalue weighted by atomic mass is 10.1. The molecule has 4 heteroatoms. The van der Waals surface area contributed by atoms with Crippen LogP contribution >= 0.6 is 15.9 Å². The zero-order valence-corrected chi connectivity index (χ0v) is 7.53. The van der Waals surface area contributed by atoms with Gasteiger partial charge < -0.3 is 0 Å². The zero-order chi connectivity index (χ0) is 9.14. The van der Waals surface area contributed by atoms with Gasteiger partial charge in [0.1, 0.15) is 17.7 Å². The second kappa shape index (κ2) is 3.63. The Kier molecular flexibility index (Phi) is 2.77. The normalized spacial score (nSPS) is 9.50. The highest BCUT2D eigenvalue weighted by molar-refractivity contribution is 9.08. The van der Waals surface area contributed by atoms with E-state index in [1.165, 1.54) is 0 Å². The van der Waals surface area contributed by atoms with E-state index < -0.39 is 11.6 Å². The van der Waals surface area contributed by atoms with Gasteiger partial charge in [0.15, 0.2) is 0 Å². The molecule has 1 rings (SSSR count). The smallest absolute Gasteiger partial charge is 0.147 e. The molecule has 0 saturated heterocycles. The number of hydrogen-bond donors (Lipinski definition) is 0. The van der Waals surface area contributed by atoms with Crippen molar-refractivity contribution >= 4 is 15.9 Å². The van der Waals surface area contributed by atoms with Crippen LogP contribution in [-0.2, 0) is 5.33 Å². The van der Waals surface area contributed by atoms with E-state index in [9.17, 15) is 8.78 Å². The van der Waals surface area contributed by atoms with E-state index >= 15 is 0 Å². The predicted molar refractivity (Wildman–Crippen MR) is 43.7 cm³/mol. The van der Waals surface area contributed by atoms with E-state index in [1.54, 1.807) is 6.07 Å². The summed E-state index contributed by atoms with van der Waals surface area (Å²) in [6, 6.07) is 3.84. The first kappa shape index (κ1) is 9.14. The van der Waals surface area contributed by atoms with E-state index in [0.29, 0.717) is 0 Å². The van der Waals surface area contributed by atoms with Crippen molar-refractivity contribution in [3.8, 4) is 6.07 Å². The Bertz CT molecular complexity index is 344. The van der Waals surface area contributed by atoms with E-state index in [4.69, 9.17) is 5.26 Å². The van der Waals surface area contributed by atoms with Gasteiger partial charge in [-0.2, -0.15) is 5.26 Å². The number of hydrogen-bond acceptors (Lipinski definition) is 1. The Morgan fingerprint density at radius 2 is 2.08 bits per heavy atom. The Hall–Kier alpha value is -0.950. The molecule has 0 N–H and O–H groups in total. The molecule has 0 saturated carbocycles. The number of alkyl halides is 1. The minimum absolute atomic E-state index is 0.0696. The Labute approximate surface area is 76.8 Å². The Morgan fingerprint density at radius 3 is 2.58 bits per heavy atom. The molecule has 0 heterocycles. The molecule has 1 aromatic carbocycles. The minimum Gasteiger partial charge on any atom is -0.207 e. The quantitative estimate of drug-likeness (QED) is 0.683. The SMILES string of the molecule is N#Cc1ccc(F)c(CBr)c1F. The van der Waals surface area contributed by atoms with Crippen LogP contribution in [0.15, 0.2) is 12.1 Å². The van der Waals surface area contributed by atoms with Crippen LogP contribution in [0.1, 0.15) is 11.1 Å². The molecule has 0 atom stereocenters. The molecule has 0 spiro atoms. The van der Waals surface area contributed by atoms with E-state index in [1.807, 2.05) is 0 Å². The topological polar surface area (TPSA) is 23.8 Å². The number of nitrogens with zero attached hydrogens (tertiary/aromatic N) is 1. The molecular formula is C8H4BrF2N. The van der Waals surface area contributed by atoms with Gasteiger partial charge in [0, 0.05) is 10.9 Å². The monoisotopic (exact) mass is 231 g/mol. The number of rotatable bonds is 1. The van der Waals surface area contributed by atoms with E-state index in [0.717, 1.165) is 12.1 Å². The van der Waals surface area contributed by atoms with Crippen molar-refractivity contribution in [2.45, 2.75) is 5.33 Å². The van der Waals surface area contributed by atoms with Gasteiger partial charge in [0.25, 0.3) is 0 Å². The second-order valence-corrected chi connectivity index (χ2v) is 2.69. The molecule has 12 heavy (non-hydrogen) atoms. The van der Waals surface area contributed by atoms with Crippen LogP contribution in [0.25, 0.3) is 0 Å². The minimum atomic E-state index is -0.783. The fourth-order valence-corrected chi connectivity index (χ4v) is 1.32. The van der Waals surface area contributed by atoms with Crippen molar-refractivity contribution in [1.82, 2.24) is 0 Å². The number of halogens is 3. The first-order valence-corrected chi connectivity index (χ1v) is 4.25. The molecule has 0 radical (unpaired) electrons. The van der Waals surface area contributed by atoms with Crippen molar-refractivity contribution in [3.63, 3.8) is 0 Å². The highest BCUT2D eigenvalue weighted by Gasteiger charge is 2.11. The van der Waals surface area contributed by atoms with Crippen LogP contribution in [0.4, 0.5) is 8.78 Å². The summed E-state index contributed by atoms with van der Waals surface area (Å²) in [6.45, 7) is 0. The highest BCUT2D eigenvalue weighted by atomic mass is 79.9. The van der Waals surface area contributed by atoms with Gasteiger partial charge >= 0.3 is 0 Å². The first-order chi connectivity index (χ1) is 5.70. The molecule has 0 fully saturated rings. The molecule has 1 aromatic rings. The average Bonchev–Trinajstić information content (AvgIpc) is 2.06. The molecule has 0 aliphatic rings. The lowest BCUT2D eigenvalue weighted by molar-refractivity contribution is 0.564. The van der Waals surface area contributed by atoms with Gasteiger partial charge in [-0.25, -0.2) is 8.78 Å². The molecule has 0 unspecified atom stereocenters. The summed E-state index contributed by atoms with van der Waals surface area (Å²) in [4.78, 5) is 0. The van der Waals surface area contributed by atoms with Crippen LogP contribution < -0.4 is 0 Å². The summed E-state index contributed by atoms with van der Waals surface area (Å²) < 4.78 is 25.8. The fraction of sp³-hybridized carbons (Fsp3) is 0.125. The Balaban J connectivity index is 3.36. The van der Waals surface area contributed by atoms with Crippen molar-refractivity contribution in [1.29, 1.82) is 5.26 Å². The van der Waals surface area contributed by atoms with Gasteiger partial charge in [0.05, 0.1) is 5.56 Å². The lowest BCUT2D eigenvalue weighted by Gasteiger charge is -2.00. The third-order valence-corrected chi connectivity index (χ3v) is 2.00. The second-order valence-electron chi connectivity index (χ2n) is 2.13. The lowest BCUT2D eigenvalue weighted by Crippen LogP contribution is -1.95. The van der Waals surface area contributed by atoms with Gasteiger partial charge in [0.2, 0.25) is 0 Å². The summed E-state index contributed by atoms with van der Waals surface area (Å²) >= 11 is 2.93. The zero-order valence-electron chi connectivity index (χ0n) is 5.94. The summed E-state index contributed by atoms with van der Waals surface area (Å²) in [5, 5.41) is 8.47.